The predicted octanol–water partition coefficient (Wildman–Crippen LogP) is 0.0780. The predicted molar refractivity (Wildman–Crippen MR) is 65.2 cm³/mol. The van der Waals surface area contributed by atoms with Gasteiger partial charge >= 0.3 is 5.97 Å². The van der Waals surface area contributed by atoms with Crippen molar-refractivity contribution in [1.82, 2.24) is 9.88 Å². The van der Waals surface area contributed by atoms with E-state index in [0.29, 0.717) is 31.9 Å². The van der Waals surface area contributed by atoms with Gasteiger partial charge in [-0.25, -0.2) is 4.98 Å². The van der Waals surface area contributed by atoms with E-state index in [1.165, 1.54) is 0 Å². The van der Waals surface area contributed by atoms with Crippen molar-refractivity contribution in [2.45, 2.75) is 18.5 Å². The van der Waals surface area contributed by atoms with Crippen LogP contribution in [0.2, 0.25) is 0 Å². The third-order valence-corrected chi connectivity index (χ3v) is 3.22. The van der Waals surface area contributed by atoms with Gasteiger partial charge in [-0.05, 0) is 12.0 Å². The van der Waals surface area contributed by atoms with E-state index in [0.717, 1.165) is 5.56 Å². The van der Waals surface area contributed by atoms with Crippen LogP contribution >= 0.6 is 0 Å². The second-order valence-corrected chi connectivity index (χ2v) is 4.63. The maximum atomic E-state index is 11.0. The topological polar surface area (TPSA) is 88.7 Å². The molecule has 1 unspecified atom stereocenters. The minimum absolute atomic E-state index is 0.369. The van der Waals surface area contributed by atoms with Crippen molar-refractivity contribution in [1.29, 1.82) is 0 Å². The Balaban J connectivity index is 1.97. The number of pyridine rings is 1. The number of ether oxygens (including phenoxy) is 1. The molecule has 1 aliphatic heterocycles. The van der Waals surface area contributed by atoms with Gasteiger partial charge in [0.1, 0.15) is 5.54 Å². The number of carboxylic acids is 1. The molecule has 2 rings (SSSR count). The maximum absolute atomic E-state index is 11.0. The Labute approximate surface area is 105 Å². The molecule has 0 bridgehead atoms. The molecule has 98 valence electrons. The molecular weight excluding hydrogens is 234 g/mol. The number of nitrogens with zero attached hydrogens (tertiary/aromatic N) is 2. The molecule has 1 fully saturated rings. The molecule has 0 saturated carbocycles. The van der Waals surface area contributed by atoms with Crippen LogP contribution < -0.4 is 10.5 Å². The van der Waals surface area contributed by atoms with Crippen molar-refractivity contribution >= 4 is 5.97 Å². The van der Waals surface area contributed by atoms with Crippen LogP contribution in [0.25, 0.3) is 0 Å². The van der Waals surface area contributed by atoms with Gasteiger partial charge < -0.3 is 15.6 Å². The van der Waals surface area contributed by atoms with Crippen LogP contribution in [0.4, 0.5) is 0 Å². The highest BCUT2D eigenvalue weighted by atomic mass is 16.5. The molecule has 0 aliphatic carbocycles. The standard InChI is InChI=1S/C12H17N3O3/c1-18-10-3-2-9(6-14-10)7-15-5-4-12(13,8-15)11(16)17/h2-3,6H,4-5,7-8,13H2,1H3,(H,16,17). The molecule has 6 nitrogen and oxygen atoms in total. The average molecular weight is 251 g/mol. The van der Waals surface area contributed by atoms with Crippen LogP contribution in [-0.4, -0.2) is 46.7 Å². The Bertz CT molecular complexity index is 435. The fourth-order valence-corrected chi connectivity index (χ4v) is 2.11. The lowest BCUT2D eigenvalue weighted by atomic mass is 10.0. The summed E-state index contributed by atoms with van der Waals surface area (Å²) in [4.78, 5) is 17.2. The summed E-state index contributed by atoms with van der Waals surface area (Å²) in [5, 5.41) is 9.04. The van der Waals surface area contributed by atoms with Gasteiger partial charge in [-0.2, -0.15) is 0 Å². The van der Waals surface area contributed by atoms with Crippen molar-refractivity contribution in [3.63, 3.8) is 0 Å². The lowest BCUT2D eigenvalue weighted by Gasteiger charge is -2.19. The van der Waals surface area contributed by atoms with Gasteiger partial charge in [0.05, 0.1) is 7.11 Å². The maximum Gasteiger partial charge on any atom is 0.325 e. The Hall–Kier alpha value is -1.66. The summed E-state index contributed by atoms with van der Waals surface area (Å²) in [6.45, 7) is 1.71. The highest BCUT2D eigenvalue weighted by Crippen LogP contribution is 2.21. The normalized spacial score (nSPS) is 24.1. The molecule has 2 heterocycles. The van der Waals surface area contributed by atoms with Crippen molar-refractivity contribution < 1.29 is 14.6 Å². The third-order valence-electron chi connectivity index (χ3n) is 3.22. The van der Waals surface area contributed by atoms with Gasteiger partial charge in [-0.3, -0.25) is 9.69 Å². The Kier molecular flexibility index (Phi) is 3.49. The van der Waals surface area contributed by atoms with E-state index < -0.39 is 11.5 Å². The van der Waals surface area contributed by atoms with Gasteiger partial charge in [0.25, 0.3) is 0 Å². The monoisotopic (exact) mass is 251 g/mol. The summed E-state index contributed by atoms with van der Waals surface area (Å²) in [6, 6.07) is 3.71. The SMILES string of the molecule is COc1ccc(CN2CCC(N)(C(=O)O)C2)cn1. The number of nitrogens with two attached hydrogens (primary N) is 1. The summed E-state index contributed by atoms with van der Waals surface area (Å²) in [7, 11) is 1.57. The molecular formula is C12H17N3O3. The number of likely N-dealkylation sites (tertiary alicyclic amines) is 1. The van der Waals surface area contributed by atoms with Crippen LogP contribution in [0.1, 0.15) is 12.0 Å². The molecule has 0 radical (unpaired) electrons. The zero-order valence-electron chi connectivity index (χ0n) is 10.3. The van der Waals surface area contributed by atoms with Gasteiger partial charge in [0.2, 0.25) is 5.88 Å². The van der Waals surface area contributed by atoms with Gasteiger partial charge in [-0.1, -0.05) is 6.07 Å². The molecule has 1 aromatic heterocycles. The molecule has 0 aromatic carbocycles. The first-order valence-corrected chi connectivity index (χ1v) is 5.77. The van der Waals surface area contributed by atoms with Gasteiger partial charge in [0.15, 0.2) is 0 Å². The number of hydrogen-bond donors (Lipinski definition) is 2. The number of aliphatic carboxylic acids is 1. The quantitative estimate of drug-likeness (QED) is 0.787. The van der Waals surface area contributed by atoms with Gasteiger partial charge in [0, 0.05) is 31.9 Å². The van der Waals surface area contributed by atoms with Crippen LogP contribution in [0, 0.1) is 0 Å². The second kappa shape index (κ2) is 4.91. The van der Waals surface area contributed by atoms with E-state index >= 15 is 0 Å². The van der Waals surface area contributed by atoms with E-state index in [4.69, 9.17) is 15.6 Å². The van der Waals surface area contributed by atoms with Crippen molar-refractivity contribution in [3.8, 4) is 5.88 Å². The van der Waals surface area contributed by atoms with Crippen LogP contribution in [0.15, 0.2) is 18.3 Å². The number of methoxy groups -OCH3 is 1. The molecule has 18 heavy (non-hydrogen) atoms. The molecule has 1 aromatic rings. The van der Waals surface area contributed by atoms with Gasteiger partial charge in [-0.15, -0.1) is 0 Å². The van der Waals surface area contributed by atoms with Crippen LogP contribution in [0.5, 0.6) is 5.88 Å². The van der Waals surface area contributed by atoms with Crippen LogP contribution in [0.3, 0.4) is 0 Å². The zero-order valence-corrected chi connectivity index (χ0v) is 10.3. The van der Waals surface area contributed by atoms with Crippen molar-refractivity contribution in [2.75, 3.05) is 20.2 Å². The molecule has 1 saturated heterocycles. The largest absolute Gasteiger partial charge is 0.481 e. The molecule has 1 atom stereocenters. The summed E-state index contributed by atoms with van der Waals surface area (Å²) >= 11 is 0. The minimum atomic E-state index is -1.11. The first kappa shape index (κ1) is 12.8. The Morgan fingerprint density at radius 1 is 1.67 bits per heavy atom. The van der Waals surface area contributed by atoms with E-state index in [2.05, 4.69) is 4.98 Å². The number of carboxylic acid groups (broad SMARTS) is 1. The lowest BCUT2D eigenvalue weighted by Crippen LogP contribution is -2.50. The molecule has 6 heteroatoms. The second-order valence-electron chi connectivity index (χ2n) is 4.63. The number of rotatable bonds is 4. The molecule has 0 amide bonds. The highest BCUT2D eigenvalue weighted by molar-refractivity contribution is 5.79. The smallest absolute Gasteiger partial charge is 0.325 e. The van der Waals surface area contributed by atoms with E-state index in [9.17, 15) is 4.79 Å². The molecule has 0 spiro atoms. The van der Waals surface area contributed by atoms with E-state index in [-0.39, 0.29) is 0 Å². The Morgan fingerprint density at radius 3 is 2.94 bits per heavy atom. The fraction of sp³-hybridized carbons (Fsp3) is 0.500. The number of carbonyl (C=O) groups is 1. The highest BCUT2D eigenvalue weighted by Gasteiger charge is 2.40. The fourth-order valence-electron chi connectivity index (χ4n) is 2.11. The third kappa shape index (κ3) is 2.60. The van der Waals surface area contributed by atoms with Crippen LogP contribution in [-0.2, 0) is 11.3 Å². The number of hydrogen-bond acceptors (Lipinski definition) is 5. The number of aromatic nitrogens is 1. The summed E-state index contributed by atoms with van der Waals surface area (Å²) < 4.78 is 4.98. The summed E-state index contributed by atoms with van der Waals surface area (Å²) in [5.41, 5.74) is 5.72. The van der Waals surface area contributed by atoms with Crippen molar-refractivity contribution in [2.24, 2.45) is 5.73 Å². The first-order valence-electron chi connectivity index (χ1n) is 5.77. The molecule has 1 aliphatic rings. The Morgan fingerprint density at radius 2 is 2.44 bits per heavy atom. The lowest BCUT2D eigenvalue weighted by molar-refractivity contribution is -0.142. The van der Waals surface area contributed by atoms with Crippen molar-refractivity contribution in [3.05, 3.63) is 23.9 Å². The minimum Gasteiger partial charge on any atom is -0.481 e. The zero-order chi connectivity index (χ0) is 13.2. The average Bonchev–Trinajstić information content (AvgIpc) is 2.73. The van der Waals surface area contributed by atoms with E-state index in [1.807, 2.05) is 11.0 Å². The summed E-state index contributed by atoms with van der Waals surface area (Å²) in [6.07, 6.45) is 2.21. The van der Waals surface area contributed by atoms with E-state index in [1.54, 1.807) is 19.4 Å². The molecule has 3 N–H and O–H groups in total. The first-order chi connectivity index (χ1) is 8.53. The summed E-state index contributed by atoms with van der Waals surface area (Å²) in [5.74, 6) is -0.364.